The fourth-order valence-corrected chi connectivity index (χ4v) is 3.18. The maximum Gasteiger partial charge on any atom is 0.143 e. The molecule has 0 aliphatic heterocycles. The van der Waals surface area contributed by atoms with Gasteiger partial charge >= 0.3 is 0 Å². The van der Waals surface area contributed by atoms with E-state index in [2.05, 4.69) is 15.0 Å². The standard InChI is InChI=1S/C21H18F2N4/c1-13-8-9-17(22)16(19(13)23)11-27(2)21-15-10-18(14-6-4-3-5-7-14)26-20(15)24-12-25-21/h3-10,12H,11H2,1-2H3,(H,24,25,26). The summed E-state index contributed by atoms with van der Waals surface area (Å²) in [7, 11) is 1.76. The second-order valence-electron chi connectivity index (χ2n) is 6.52. The molecule has 0 radical (unpaired) electrons. The molecule has 0 unspecified atom stereocenters. The first-order chi connectivity index (χ1) is 13.0. The lowest BCUT2D eigenvalue weighted by Crippen LogP contribution is -2.20. The number of H-pyrrole nitrogens is 1. The number of hydrogen-bond acceptors (Lipinski definition) is 3. The molecule has 1 N–H and O–H groups in total. The summed E-state index contributed by atoms with van der Waals surface area (Å²) in [4.78, 5) is 13.6. The Bertz CT molecular complexity index is 1110. The van der Waals surface area contributed by atoms with E-state index >= 15 is 0 Å². The highest BCUT2D eigenvalue weighted by atomic mass is 19.1. The fourth-order valence-electron chi connectivity index (χ4n) is 3.18. The molecule has 4 nitrogen and oxygen atoms in total. The van der Waals surface area contributed by atoms with Gasteiger partial charge in [0.15, 0.2) is 0 Å². The van der Waals surface area contributed by atoms with E-state index in [1.54, 1.807) is 18.9 Å². The maximum atomic E-state index is 14.4. The highest BCUT2D eigenvalue weighted by Crippen LogP contribution is 2.29. The Labute approximate surface area is 155 Å². The number of nitrogens with zero attached hydrogens (tertiary/aromatic N) is 3. The molecule has 0 saturated heterocycles. The monoisotopic (exact) mass is 364 g/mol. The molecule has 0 atom stereocenters. The predicted molar refractivity (Wildman–Crippen MR) is 103 cm³/mol. The molecule has 0 aliphatic carbocycles. The van der Waals surface area contributed by atoms with Crippen molar-refractivity contribution in [3.05, 3.63) is 77.6 Å². The maximum absolute atomic E-state index is 14.4. The lowest BCUT2D eigenvalue weighted by atomic mass is 10.1. The lowest BCUT2D eigenvalue weighted by molar-refractivity contribution is 0.548. The molecule has 0 amide bonds. The van der Waals surface area contributed by atoms with Crippen LogP contribution in [0.5, 0.6) is 0 Å². The van der Waals surface area contributed by atoms with Crippen molar-refractivity contribution in [3.8, 4) is 11.3 Å². The van der Waals surface area contributed by atoms with E-state index in [0.717, 1.165) is 16.6 Å². The van der Waals surface area contributed by atoms with E-state index < -0.39 is 11.6 Å². The van der Waals surface area contributed by atoms with Crippen molar-refractivity contribution in [3.63, 3.8) is 0 Å². The van der Waals surface area contributed by atoms with Gasteiger partial charge in [-0.2, -0.15) is 0 Å². The van der Waals surface area contributed by atoms with Gasteiger partial charge in [-0.3, -0.25) is 0 Å². The van der Waals surface area contributed by atoms with Crippen LogP contribution in [0, 0.1) is 18.6 Å². The van der Waals surface area contributed by atoms with Gasteiger partial charge in [0.05, 0.1) is 5.39 Å². The van der Waals surface area contributed by atoms with Crippen LogP contribution in [-0.2, 0) is 6.54 Å². The minimum atomic E-state index is -0.561. The van der Waals surface area contributed by atoms with Crippen LogP contribution in [0.4, 0.5) is 14.6 Å². The largest absolute Gasteiger partial charge is 0.354 e. The van der Waals surface area contributed by atoms with Crippen molar-refractivity contribution in [2.45, 2.75) is 13.5 Å². The summed E-state index contributed by atoms with van der Waals surface area (Å²) in [6.07, 6.45) is 1.45. The fraction of sp³-hybridized carbons (Fsp3) is 0.143. The lowest BCUT2D eigenvalue weighted by Gasteiger charge is -2.20. The molecule has 27 heavy (non-hydrogen) atoms. The summed E-state index contributed by atoms with van der Waals surface area (Å²) in [5.74, 6) is -0.473. The Morgan fingerprint density at radius 3 is 2.59 bits per heavy atom. The van der Waals surface area contributed by atoms with E-state index in [1.165, 1.54) is 18.5 Å². The van der Waals surface area contributed by atoms with Crippen molar-refractivity contribution < 1.29 is 8.78 Å². The topological polar surface area (TPSA) is 44.8 Å². The molecule has 0 bridgehead atoms. The molecule has 2 aromatic heterocycles. The van der Waals surface area contributed by atoms with Gasteiger partial charge in [-0.15, -0.1) is 0 Å². The second kappa shape index (κ2) is 6.79. The summed E-state index contributed by atoms with van der Waals surface area (Å²) >= 11 is 0. The molecule has 4 rings (SSSR count). The summed E-state index contributed by atoms with van der Waals surface area (Å²) < 4.78 is 28.5. The highest BCUT2D eigenvalue weighted by Gasteiger charge is 2.17. The van der Waals surface area contributed by atoms with Crippen LogP contribution in [0.25, 0.3) is 22.3 Å². The average molecular weight is 364 g/mol. The SMILES string of the molecule is Cc1ccc(F)c(CN(C)c2ncnc3[nH]c(-c4ccccc4)cc23)c1F. The Morgan fingerprint density at radius 2 is 1.81 bits per heavy atom. The Hall–Kier alpha value is -3.28. The molecule has 4 aromatic rings. The van der Waals surface area contributed by atoms with Gasteiger partial charge in [-0.05, 0) is 30.2 Å². The molecule has 0 saturated carbocycles. The number of aromatic amines is 1. The number of nitrogens with one attached hydrogen (secondary N) is 1. The van der Waals surface area contributed by atoms with Gasteiger partial charge < -0.3 is 9.88 Å². The second-order valence-corrected chi connectivity index (χ2v) is 6.52. The van der Waals surface area contributed by atoms with Crippen LogP contribution < -0.4 is 4.90 Å². The van der Waals surface area contributed by atoms with Crippen LogP contribution in [0.2, 0.25) is 0 Å². The van der Waals surface area contributed by atoms with Gasteiger partial charge in [-0.1, -0.05) is 36.4 Å². The average Bonchev–Trinajstić information content (AvgIpc) is 3.13. The van der Waals surface area contributed by atoms with Crippen LogP contribution in [0.1, 0.15) is 11.1 Å². The Morgan fingerprint density at radius 1 is 1.04 bits per heavy atom. The number of fused-ring (bicyclic) bond motifs is 1. The van der Waals surface area contributed by atoms with Crippen LogP contribution in [-0.4, -0.2) is 22.0 Å². The minimum Gasteiger partial charge on any atom is -0.354 e. The van der Waals surface area contributed by atoms with Crippen molar-refractivity contribution in [1.29, 1.82) is 0 Å². The number of benzene rings is 2. The van der Waals surface area contributed by atoms with Gasteiger partial charge in [0, 0.05) is 24.8 Å². The molecule has 0 fully saturated rings. The van der Waals surface area contributed by atoms with Crippen LogP contribution in [0.3, 0.4) is 0 Å². The molecule has 0 spiro atoms. The quantitative estimate of drug-likeness (QED) is 0.563. The van der Waals surface area contributed by atoms with Gasteiger partial charge in [0.25, 0.3) is 0 Å². The van der Waals surface area contributed by atoms with Crippen LogP contribution in [0.15, 0.2) is 54.9 Å². The number of anilines is 1. The van der Waals surface area contributed by atoms with Crippen molar-refractivity contribution >= 4 is 16.9 Å². The zero-order valence-corrected chi connectivity index (χ0v) is 15.0. The first-order valence-electron chi connectivity index (χ1n) is 8.58. The molecular formula is C21H18F2N4. The van der Waals surface area contributed by atoms with Gasteiger partial charge in [0.1, 0.15) is 29.4 Å². The highest BCUT2D eigenvalue weighted by molar-refractivity contribution is 5.91. The third-order valence-electron chi connectivity index (χ3n) is 4.63. The predicted octanol–water partition coefficient (Wildman–Crippen LogP) is 4.85. The molecule has 136 valence electrons. The molecule has 2 heterocycles. The molecule has 6 heteroatoms. The first kappa shape index (κ1) is 17.1. The number of aromatic nitrogens is 3. The summed E-state index contributed by atoms with van der Waals surface area (Å²) in [6.45, 7) is 1.69. The summed E-state index contributed by atoms with van der Waals surface area (Å²) in [5, 5.41) is 0.798. The van der Waals surface area contributed by atoms with E-state index in [4.69, 9.17) is 0 Å². The number of hydrogen-bond donors (Lipinski definition) is 1. The minimum absolute atomic E-state index is 0.0306. The van der Waals surface area contributed by atoms with Crippen LogP contribution >= 0.6 is 0 Å². The zero-order valence-electron chi connectivity index (χ0n) is 15.0. The Kier molecular flexibility index (Phi) is 4.32. The third kappa shape index (κ3) is 3.14. The number of aryl methyl sites for hydroxylation is 1. The van der Waals surface area contributed by atoms with Crippen molar-refractivity contribution in [2.24, 2.45) is 0 Å². The van der Waals surface area contributed by atoms with E-state index in [9.17, 15) is 8.78 Å². The number of rotatable bonds is 4. The smallest absolute Gasteiger partial charge is 0.143 e. The summed E-state index contributed by atoms with van der Waals surface area (Å²) in [5.41, 5.74) is 3.06. The third-order valence-corrected chi connectivity index (χ3v) is 4.63. The first-order valence-corrected chi connectivity index (χ1v) is 8.58. The normalized spacial score (nSPS) is 11.1. The van der Waals surface area contributed by atoms with E-state index in [0.29, 0.717) is 17.0 Å². The molecule has 2 aromatic carbocycles. The van der Waals surface area contributed by atoms with Gasteiger partial charge in [0.2, 0.25) is 0 Å². The van der Waals surface area contributed by atoms with E-state index in [1.807, 2.05) is 36.4 Å². The van der Waals surface area contributed by atoms with Crippen molar-refractivity contribution in [1.82, 2.24) is 15.0 Å². The Balaban J connectivity index is 1.74. The van der Waals surface area contributed by atoms with Crippen molar-refractivity contribution in [2.75, 3.05) is 11.9 Å². The molecular weight excluding hydrogens is 346 g/mol. The molecule has 0 aliphatic rings. The van der Waals surface area contributed by atoms with Gasteiger partial charge in [-0.25, -0.2) is 18.7 Å². The van der Waals surface area contributed by atoms with E-state index in [-0.39, 0.29) is 12.1 Å². The zero-order chi connectivity index (χ0) is 19.0. The number of halogens is 2. The summed E-state index contributed by atoms with van der Waals surface area (Å²) in [6, 6.07) is 14.6.